The van der Waals surface area contributed by atoms with Crippen molar-refractivity contribution in [1.29, 1.82) is 0 Å². The summed E-state index contributed by atoms with van der Waals surface area (Å²) in [6.45, 7) is 2.82. The van der Waals surface area contributed by atoms with Crippen molar-refractivity contribution < 1.29 is 14.1 Å². The highest BCUT2D eigenvalue weighted by Crippen LogP contribution is 2.24. The highest BCUT2D eigenvalue weighted by Gasteiger charge is 2.30. The van der Waals surface area contributed by atoms with Crippen molar-refractivity contribution in [3.05, 3.63) is 29.8 Å². The van der Waals surface area contributed by atoms with E-state index in [-0.39, 0.29) is 5.78 Å². The molecule has 1 atom stereocenters. The van der Waals surface area contributed by atoms with Crippen LogP contribution in [0.1, 0.15) is 30.7 Å². The van der Waals surface area contributed by atoms with E-state index in [9.17, 15) is 4.79 Å². The van der Waals surface area contributed by atoms with Gasteiger partial charge < -0.3 is 9.26 Å². The summed E-state index contributed by atoms with van der Waals surface area (Å²) < 4.78 is 10.5. The molecule has 3 rings (SSSR count). The van der Waals surface area contributed by atoms with Crippen LogP contribution in [0.5, 0.6) is 0 Å². The lowest BCUT2D eigenvalue weighted by atomic mass is 10.0. The number of aryl methyl sites for hydroxylation is 1. The molecule has 1 aliphatic rings. The number of aromatic nitrogens is 3. The number of carbonyl (C=O) groups is 1. The maximum Gasteiger partial charge on any atom is 0.239 e. The molecule has 0 radical (unpaired) electrons. The first-order chi connectivity index (χ1) is 9.79. The second kappa shape index (κ2) is 5.50. The third-order valence-electron chi connectivity index (χ3n) is 3.39. The highest BCUT2D eigenvalue weighted by molar-refractivity contribution is 5.85. The van der Waals surface area contributed by atoms with Gasteiger partial charge >= 0.3 is 0 Å². The number of rotatable bonds is 3. The molecule has 2 aromatic rings. The van der Waals surface area contributed by atoms with E-state index in [1.807, 2.05) is 19.1 Å². The Bertz CT molecular complexity index is 624. The number of carbonyl (C=O) groups excluding carboxylic acids is 1. The minimum atomic E-state index is -0.446. The largest absolute Gasteiger partial charge is 0.380 e. The Morgan fingerprint density at radius 1 is 1.45 bits per heavy atom. The zero-order valence-corrected chi connectivity index (χ0v) is 11.2. The van der Waals surface area contributed by atoms with Gasteiger partial charge in [-0.15, -0.1) is 0 Å². The summed E-state index contributed by atoms with van der Waals surface area (Å²) in [4.78, 5) is 20.5. The Morgan fingerprint density at radius 3 is 3.15 bits per heavy atom. The number of nitrogens with zero attached hydrogens (tertiary/aromatic N) is 3. The molecule has 3 heterocycles. The molecule has 0 saturated carbocycles. The molecule has 1 aliphatic heterocycles. The highest BCUT2D eigenvalue weighted by atomic mass is 16.5. The van der Waals surface area contributed by atoms with Gasteiger partial charge in [0.2, 0.25) is 11.7 Å². The number of Topliss-reactive ketones (excluding diaryl/α,β-unsaturated/α-hetero) is 1. The first-order valence-corrected chi connectivity index (χ1v) is 6.68. The summed E-state index contributed by atoms with van der Waals surface area (Å²) >= 11 is 0. The minimum absolute atomic E-state index is 0.0863. The van der Waals surface area contributed by atoms with Crippen molar-refractivity contribution in [3.8, 4) is 11.5 Å². The van der Waals surface area contributed by atoms with Crippen LogP contribution in [0.15, 0.2) is 22.9 Å². The summed E-state index contributed by atoms with van der Waals surface area (Å²) in [5.74, 6) is 0.384. The molecule has 6 nitrogen and oxygen atoms in total. The van der Waals surface area contributed by atoms with Crippen LogP contribution in [-0.4, -0.2) is 34.1 Å². The SMILES string of the molecule is CCc1cccnc1-c1noc(C2COCCC2=O)n1. The fourth-order valence-corrected chi connectivity index (χ4v) is 2.25. The van der Waals surface area contributed by atoms with Crippen LogP contribution in [0, 0.1) is 0 Å². The lowest BCUT2D eigenvalue weighted by Gasteiger charge is -2.17. The Balaban J connectivity index is 1.92. The average molecular weight is 273 g/mol. The Hall–Kier alpha value is -2.08. The van der Waals surface area contributed by atoms with Crippen LogP contribution in [-0.2, 0) is 16.0 Å². The molecule has 1 saturated heterocycles. The molecular weight excluding hydrogens is 258 g/mol. The van der Waals surface area contributed by atoms with Gasteiger partial charge in [-0.05, 0) is 18.1 Å². The summed E-state index contributed by atoms with van der Waals surface area (Å²) in [6, 6.07) is 3.86. The van der Waals surface area contributed by atoms with E-state index in [1.54, 1.807) is 6.20 Å². The van der Waals surface area contributed by atoms with Crippen LogP contribution in [0.2, 0.25) is 0 Å². The maximum atomic E-state index is 11.8. The van der Waals surface area contributed by atoms with Gasteiger partial charge in [0.15, 0.2) is 0 Å². The lowest BCUT2D eigenvalue weighted by Crippen LogP contribution is -2.25. The van der Waals surface area contributed by atoms with Gasteiger partial charge in [-0.2, -0.15) is 4.98 Å². The third kappa shape index (κ3) is 2.34. The number of hydrogen-bond donors (Lipinski definition) is 0. The number of pyridine rings is 1. The standard InChI is InChI=1S/C14H15N3O3/c1-2-9-4-3-6-15-12(9)13-16-14(20-17-13)10-8-19-7-5-11(10)18/h3-4,6,10H,2,5,7-8H2,1H3. The van der Waals surface area contributed by atoms with Crippen molar-refractivity contribution in [2.24, 2.45) is 0 Å². The zero-order chi connectivity index (χ0) is 13.9. The molecule has 0 N–H and O–H groups in total. The topological polar surface area (TPSA) is 78.1 Å². The Morgan fingerprint density at radius 2 is 2.35 bits per heavy atom. The molecule has 0 aliphatic carbocycles. The molecule has 104 valence electrons. The van der Waals surface area contributed by atoms with E-state index in [2.05, 4.69) is 15.1 Å². The van der Waals surface area contributed by atoms with E-state index in [4.69, 9.17) is 9.26 Å². The van der Waals surface area contributed by atoms with E-state index in [0.717, 1.165) is 12.0 Å². The second-order valence-corrected chi connectivity index (χ2v) is 4.66. The molecule has 6 heteroatoms. The summed E-state index contributed by atoms with van der Waals surface area (Å²) in [7, 11) is 0. The number of ketones is 1. The van der Waals surface area contributed by atoms with Crippen LogP contribution in [0.3, 0.4) is 0 Å². The zero-order valence-electron chi connectivity index (χ0n) is 11.2. The van der Waals surface area contributed by atoms with Crippen LogP contribution in [0.4, 0.5) is 0 Å². The fraction of sp³-hybridized carbons (Fsp3) is 0.429. The summed E-state index contributed by atoms with van der Waals surface area (Å²) in [5, 5.41) is 3.95. The molecular formula is C14H15N3O3. The van der Waals surface area contributed by atoms with Crippen molar-refractivity contribution in [3.63, 3.8) is 0 Å². The van der Waals surface area contributed by atoms with Gasteiger partial charge in [0, 0.05) is 12.6 Å². The monoisotopic (exact) mass is 273 g/mol. The molecule has 20 heavy (non-hydrogen) atoms. The van der Waals surface area contributed by atoms with Gasteiger partial charge in [-0.25, -0.2) is 0 Å². The van der Waals surface area contributed by atoms with Gasteiger partial charge in [0.1, 0.15) is 17.4 Å². The molecule has 0 spiro atoms. The lowest BCUT2D eigenvalue weighted by molar-refractivity contribution is -0.127. The molecule has 0 bridgehead atoms. The van der Waals surface area contributed by atoms with Crippen molar-refractivity contribution >= 4 is 5.78 Å². The quantitative estimate of drug-likeness (QED) is 0.848. The Kier molecular flexibility index (Phi) is 3.56. The smallest absolute Gasteiger partial charge is 0.239 e. The summed E-state index contributed by atoms with van der Waals surface area (Å²) in [6.07, 6.45) is 2.92. The first kappa shape index (κ1) is 12.9. The predicted molar refractivity (Wildman–Crippen MR) is 70.1 cm³/mol. The second-order valence-electron chi connectivity index (χ2n) is 4.66. The Labute approximate surface area is 116 Å². The van der Waals surface area contributed by atoms with Crippen molar-refractivity contribution in [1.82, 2.24) is 15.1 Å². The van der Waals surface area contributed by atoms with Crippen molar-refractivity contribution in [2.45, 2.75) is 25.7 Å². The molecule has 2 aromatic heterocycles. The summed E-state index contributed by atoms with van der Waals surface area (Å²) in [5.41, 5.74) is 1.75. The van der Waals surface area contributed by atoms with E-state index >= 15 is 0 Å². The van der Waals surface area contributed by atoms with Crippen LogP contribution >= 0.6 is 0 Å². The fourth-order valence-electron chi connectivity index (χ4n) is 2.25. The molecule has 0 amide bonds. The van der Waals surface area contributed by atoms with Crippen LogP contribution < -0.4 is 0 Å². The van der Waals surface area contributed by atoms with E-state index in [1.165, 1.54) is 0 Å². The maximum absolute atomic E-state index is 11.8. The van der Waals surface area contributed by atoms with Crippen LogP contribution in [0.25, 0.3) is 11.5 Å². The molecule has 1 fully saturated rings. The van der Waals surface area contributed by atoms with E-state index in [0.29, 0.717) is 37.0 Å². The molecule has 1 unspecified atom stereocenters. The minimum Gasteiger partial charge on any atom is -0.380 e. The first-order valence-electron chi connectivity index (χ1n) is 6.68. The van der Waals surface area contributed by atoms with Crippen molar-refractivity contribution in [2.75, 3.05) is 13.2 Å². The molecule has 0 aromatic carbocycles. The normalized spacial score (nSPS) is 19.2. The van der Waals surface area contributed by atoms with Gasteiger partial charge in [-0.1, -0.05) is 18.1 Å². The average Bonchev–Trinajstić information content (AvgIpc) is 2.97. The number of ether oxygens (including phenoxy) is 1. The van der Waals surface area contributed by atoms with Gasteiger partial charge in [0.05, 0.1) is 13.2 Å². The number of hydrogen-bond acceptors (Lipinski definition) is 6. The third-order valence-corrected chi connectivity index (χ3v) is 3.39. The van der Waals surface area contributed by atoms with Gasteiger partial charge in [0.25, 0.3) is 0 Å². The van der Waals surface area contributed by atoms with E-state index < -0.39 is 5.92 Å². The predicted octanol–water partition coefficient (Wildman–Crippen LogP) is 1.77. The van der Waals surface area contributed by atoms with Gasteiger partial charge in [-0.3, -0.25) is 9.78 Å².